The van der Waals surface area contributed by atoms with Crippen molar-refractivity contribution in [3.63, 3.8) is 0 Å². The average Bonchev–Trinajstić information content (AvgIpc) is 2.92. The van der Waals surface area contributed by atoms with Crippen LogP contribution >= 0.6 is 0 Å². The molecule has 1 aliphatic rings. The molecule has 8 nitrogen and oxygen atoms in total. The number of nitrogen functional groups attached to an aromatic ring is 1. The molecule has 0 atom stereocenters. The Bertz CT molecular complexity index is 597. The first kappa shape index (κ1) is 12.8. The molecule has 0 unspecified atom stereocenters. The van der Waals surface area contributed by atoms with Crippen LogP contribution in [-0.2, 0) is 24.1 Å². The molecule has 3 heterocycles. The summed E-state index contributed by atoms with van der Waals surface area (Å²) in [7, 11) is 1.65. The fraction of sp³-hybridized carbons (Fsp3) is 0.500. The van der Waals surface area contributed by atoms with E-state index in [1.807, 2.05) is 0 Å². The molecular weight excluding hydrogens is 258 g/mol. The number of imidazole rings is 1. The SMILES string of the molecule is COCCc1nc(N)nc(N2CCc3nc[nH]c3C2)n1. The smallest absolute Gasteiger partial charge is 0.230 e. The van der Waals surface area contributed by atoms with E-state index in [2.05, 4.69) is 29.8 Å². The van der Waals surface area contributed by atoms with E-state index >= 15 is 0 Å². The Morgan fingerprint density at radius 3 is 3.15 bits per heavy atom. The molecule has 0 bridgehead atoms. The molecule has 0 amide bonds. The molecule has 1 aliphatic heterocycles. The summed E-state index contributed by atoms with van der Waals surface area (Å²) in [4.78, 5) is 22.3. The van der Waals surface area contributed by atoms with Gasteiger partial charge in [-0.05, 0) is 0 Å². The van der Waals surface area contributed by atoms with Crippen molar-refractivity contribution < 1.29 is 4.74 Å². The second-order valence-electron chi connectivity index (χ2n) is 4.65. The van der Waals surface area contributed by atoms with Gasteiger partial charge in [0.05, 0.1) is 30.9 Å². The molecule has 0 spiro atoms. The Kier molecular flexibility index (Phi) is 3.46. The van der Waals surface area contributed by atoms with Gasteiger partial charge in [-0.25, -0.2) is 4.98 Å². The molecule has 2 aromatic rings. The van der Waals surface area contributed by atoms with Gasteiger partial charge in [-0.15, -0.1) is 0 Å². The van der Waals surface area contributed by atoms with E-state index in [1.165, 1.54) is 0 Å². The highest BCUT2D eigenvalue weighted by molar-refractivity contribution is 5.38. The summed E-state index contributed by atoms with van der Waals surface area (Å²) >= 11 is 0. The predicted octanol–water partition coefficient (Wildman–Crippen LogP) is -0.0715. The van der Waals surface area contributed by atoms with Gasteiger partial charge in [-0.1, -0.05) is 0 Å². The van der Waals surface area contributed by atoms with Gasteiger partial charge < -0.3 is 20.4 Å². The number of ether oxygens (including phenoxy) is 1. The van der Waals surface area contributed by atoms with Crippen molar-refractivity contribution >= 4 is 11.9 Å². The van der Waals surface area contributed by atoms with Gasteiger partial charge in [0.25, 0.3) is 0 Å². The maximum Gasteiger partial charge on any atom is 0.230 e. The Morgan fingerprint density at radius 2 is 2.30 bits per heavy atom. The lowest BCUT2D eigenvalue weighted by Gasteiger charge is -2.26. The third kappa shape index (κ3) is 2.55. The highest BCUT2D eigenvalue weighted by atomic mass is 16.5. The molecule has 3 N–H and O–H groups in total. The maximum absolute atomic E-state index is 5.76. The van der Waals surface area contributed by atoms with Gasteiger partial charge in [0.2, 0.25) is 11.9 Å². The minimum atomic E-state index is 0.247. The second kappa shape index (κ2) is 5.41. The number of aromatic nitrogens is 5. The average molecular weight is 275 g/mol. The molecule has 0 saturated carbocycles. The molecule has 0 fully saturated rings. The van der Waals surface area contributed by atoms with Crippen LogP contribution in [0.1, 0.15) is 17.2 Å². The summed E-state index contributed by atoms with van der Waals surface area (Å²) in [5.41, 5.74) is 7.98. The number of hydrogen-bond acceptors (Lipinski definition) is 7. The molecular formula is C12H17N7O. The summed E-state index contributed by atoms with van der Waals surface area (Å²) in [6, 6.07) is 0. The zero-order valence-electron chi connectivity index (χ0n) is 11.3. The lowest BCUT2D eigenvalue weighted by Crippen LogP contribution is -2.32. The van der Waals surface area contributed by atoms with Crippen LogP contribution in [0.4, 0.5) is 11.9 Å². The van der Waals surface area contributed by atoms with E-state index in [9.17, 15) is 0 Å². The van der Waals surface area contributed by atoms with Crippen molar-refractivity contribution in [1.29, 1.82) is 0 Å². The minimum Gasteiger partial charge on any atom is -0.384 e. The van der Waals surface area contributed by atoms with Crippen molar-refractivity contribution in [2.24, 2.45) is 0 Å². The van der Waals surface area contributed by atoms with Crippen molar-refractivity contribution in [2.75, 3.05) is 30.9 Å². The molecule has 0 saturated heterocycles. The van der Waals surface area contributed by atoms with E-state index in [1.54, 1.807) is 13.4 Å². The largest absolute Gasteiger partial charge is 0.384 e. The third-order valence-corrected chi connectivity index (χ3v) is 3.27. The second-order valence-corrected chi connectivity index (χ2v) is 4.65. The number of nitrogens with zero attached hydrogens (tertiary/aromatic N) is 5. The maximum atomic E-state index is 5.76. The quantitative estimate of drug-likeness (QED) is 0.804. The molecule has 20 heavy (non-hydrogen) atoms. The van der Waals surface area contributed by atoms with Gasteiger partial charge in [0.1, 0.15) is 5.82 Å². The summed E-state index contributed by atoms with van der Waals surface area (Å²) in [6.45, 7) is 2.10. The number of fused-ring (bicyclic) bond motifs is 1. The van der Waals surface area contributed by atoms with Gasteiger partial charge in [-0.2, -0.15) is 15.0 Å². The fourth-order valence-corrected chi connectivity index (χ4v) is 2.25. The zero-order valence-corrected chi connectivity index (χ0v) is 11.3. The number of H-pyrrole nitrogens is 1. The number of nitrogens with one attached hydrogen (secondary N) is 1. The van der Waals surface area contributed by atoms with Crippen molar-refractivity contribution in [3.8, 4) is 0 Å². The summed E-state index contributed by atoms with van der Waals surface area (Å²) in [5.74, 6) is 1.52. The van der Waals surface area contributed by atoms with Crippen LogP contribution in [0, 0.1) is 0 Å². The molecule has 0 radical (unpaired) electrons. The number of hydrogen-bond donors (Lipinski definition) is 2. The molecule has 0 aliphatic carbocycles. The van der Waals surface area contributed by atoms with Gasteiger partial charge >= 0.3 is 0 Å². The standard InChI is InChI=1S/C12H17N7O/c1-20-5-3-10-16-11(13)18-12(17-10)19-4-2-8-9(6-19)15-7-14-8/h7H,2-6H2,1H3,(H,14,15)(H2,13,16,17,18). The predicted molar refractivity (Wildman–Crippen MR) is 73.2 cm³/mol. The number of anilines is 2. The lowest BCUT2D eigenvalue weighted by atomic mass is 10.1. The highest BCUT2D eigenvalue weighted by Crippen LogP contribution is 2.19. The van der Waals surface area contributed by atoms with Gasteiger partial charge in [0.15, 0.2) is 0 Å². The van der Waals surface area contributed by atoms with Crippen molar-refractivity contribution in [2.45, 2.75) is 19.4 Å². The van der Waals surface area contributed by atoms with E-state index in [0.29, 0.717) is 31.3 Å². The normalized spacial score (nSPS) is 14.3. The Labute approximate surface area is 116 Å². The van der Waals surface area contributed by atoms with Crippen LogP contribution in [0.2, 0.25) is 0 Å². The minimum absolute atomic E-state index is 0.247. The number of rotatable bonds is 4. The van der Waals surface area contributed by atoms with Gasteiger partial charge in [0, 0.05) is 26.5 Å². The molecule has 2 aromatic heterocycles. The van der Waals surface area contributed by atoms with Crippen LogP contribution in [0.15, 0.2) is 6.33 Å². The molecule has 3 rings (SSSR count). The van der Waals surface area contributed by atoms with Crippen LogP contribution in [0.25, 0.3) is 0 Å². The number of nitrogens with two attached hydrogens (primary N) is 1. The lowest BCUT2D eigenvalue weighted by molar-refractivity contribution is 0.200. The Hall–Kier alpha value is -2.22. The topological polar surface area (TPSA) is 106 Å². The molecule has 0 aromatic carbocycles. The van der Waals surface area contributed by atoms with Crippen molar-refractivity contribution in [1.82, 2.24) is 24.9 Å². The summed E-state index contributed by atoms with van der Waals surface area (Å²) in [6.07, 6.45) is 3.22. The Balaban J connectivity index is 1.82. The zero-order chi connectivity index (χ0) is 13.9. The number of methoxy groups -OCH3 is 1. The Morgan fingerprint density at radius 1 is 1.40 bits per heavy atom. The van der Waals surface area contributed by atoms with E-state index in [0.717, 1.165) is 24.4 Å². The van der Waals surface area contributed by atoms with Crippen molar-refractivity contribution in [3.05, 3.63) is 23.5 Å². The molecule has 106 valence electrons. The van der Waals surface area contributed by atoms with Crippen LogP contribution < -0.4 is 10.6 Å². The first-order valence-electron chi connectivity index (χ1n) is 6.51. The first-order chi connectivity index (χ1) is 9.76. The van der Waals surface area contributed by atoms with E-state index in [4.69, 9.17) is 10.5 Å². The van der Waals surface area contributed by atoms with E-state index < -0.39 is 0 Å². The third-order valence-electron chi connectivity index (χ3n) is 3.27. The van der Waals surface area contributed by atoms with Gasteiger partial charge in [-0.3, -0.25) is 0 Å². The van der Waals surface area contributed by atoms with Crippen LogP contribution in [0.5, 0.6) is 0 Å². The monoisotopic (exact) mass is 275 g/mol. The van der Waals surface area contributed by atoms with Crippen LogP contribution in [0.3, 0.4) is 0 Å². The first-order valence-corrected chi connectivity index (χ1v) is 6.51. The molecule has 8 heteroatoms. The summed E-state index contributed by atoms with van der Waals surface area (Å²) in [5, 5.41) is 0. The summed E-state index contributed by atoms with van der Waals surface area (Å²) < 4.78 is 5.04. The number of aromatic amines is 1. The van der Waals surface area contributed by atoms with Crippen LogP contribution in [-0.4, -0.2) is 45.2 Å². The highest BCUT2D eigenvalue weighted by Gasteiger charge is 2.21. The fourth-order valence-electron chi connectivity index (χ4n) is 2.25. The van der Waals surface area contributed by atoms with E-state index in [-0.39, 0.29) is 5.95 Å².